The molecular formula is C27H30O4. The van der Waals surface area contributed by atoms with Crippen LogP contribution in [0.25, 0.3) is 0 Å². The van der Waals surface area contributed by atoms with E-state index in [1.807, 2.05) is 66.7 Å². The fourth-order valence-corrected chi connectivity index (χ4v) is 4.47. The van der Waals surface area contributed by atoms with E-state index in [4.69, 9.17) is 14.2 Å². The van der Waals surface area contributed by atoms with Crippen LogP contribution in [0.4, 0.5) is 0 Å². The van der Waals surface area contributed by atoms with E-state index in [0.717, 1.165) is 53.9 Å². The lowest BCUT2D eigenvalue weighted by Gasteiger charge is -2.41. The Bertz CT molecular complexity index is 903. The molecule has 4 rings (SSSR count). The topological polar surface area (TPSA) is 47.9 Å². The van der Waals surface area contributed by atoms with Gasteiger partial charge in [-0.2, -0.15) is 0 Å². The molecule has 4 heteroatoms. The second-order valence-electron chi connectivity index (χ2n) is 8.01. The van der Waals surface area contributed by atoms with Crippen LogP contribution in [0.15, 0.2) is 78.9 Å². The van der Waals surface area contributed by atoms with E-state index >= 15 is 0 Å². The maximum absolute atomic E-state index is 10.8. The normalized spacial score (nSPS) is 19.1. The monoisotopic (exact) mass is 418 g/mol. The number of aliphatic hydroxyl groups excluding tert-OH is 1. The third-order valence-electron chi connectivity index (χ3n) is 6.17. The molecule has 0 radical (unpaired) electrons. The van der Waals surface area contributed by atoms with Crippen molar-refractivity contribution in [3.63, 3.8) is 0 Å². The lowest BCUT2D eigenvalue weighted by molar-refractivity contribution is -0.117. The Morgan fingerprint density at radius 3 is 1.65 bits per heavy atom. The van der Waals surface area contributed by atoms with E-state index in [2.05, 4.69) is 12.1 Å². The molecule has 0 heterocycles. The van der Waals surface area contributed by atoms with Crippen LogP contribution in [0.5, 0.6) is 11.5 Å². The summed E-state index contributed by atoms with van der Waals surface area (Å²) in [6.07, 6.45) is 2.96. The molecule has 1 aliphatic carbocycles. The van der Waals surface area contributed by atoms with Gasteiger partial charge in [-0.1, -0.05) is 67.4 Å². The predicted molar refractivity (Wildman–Crippen MR) is 122 cm³/mol. The Kier molecular flexibility index (Phi) is 6.59. The number of hydrogen-bond donors (Lipinski definition) is 1. The van der Waals surface area contributed by atoms with Crippen LogP contribution in [0, 0.1) is 0 Å². The molecule has 1 fully saturated rings. The summed E-state index contributed by atoms with van der Waals surface area (Å²) in [7, 11) is 3.33. The fraction of sp³-hybridized carbons (Fsp3) is 0.333. The summed E-state index contributed by atoms with van der Waals surface area (Å²) in [5, 5.41) is 10.8. The molecule has 2 atom stereocenters. The van der Waals surface area contributed by atoms with Gasteiger partial charge < -0.3 is 19.3 Å². The zero-order valence-electron chi connectivity index (χ0n) is 18.2. The molecule has 4 nitrogen and oxygen atoms in total. The highest BCUT2D eigenvalue weighted by atomic mass is 16.5. The van der Waals surface area contributed by atoms with E-state index in [0.29, 0.717) is 0 Å². The van der Waals surface area contributed by atoms with Crippen LogP contribution in [0.1, 0.15) is 42.4 Å². The first-order valence-corrected chi connectivity index (χ1v) is 10.9. The number of aliphatic hydroxyl groups is 1. The quantitative estimate of drug-likeness (QED) is 0.528. The van der Waals surface area contributed by atoms with Gasteiger partial charge >= 0.3 is 0 Å². The molecule has 0 saturated heterocycles. The van der Waals surface area contributed by atoms with E-state index in [1.165, 1.54) is 0 Å². The molecule has 3 aromatic carbocycles. The van der Waals surface area contributed by atoms with Crippen LogP contribution >= 0.6 is 0 Å². The van der Waals surface area contributed by atoms with Crippen LogP contribution in [0.2, 0.25) is 0 Å². The van der Waals surface area contributed by atoms with Crippen LogP contribution in [-0.4, -0.2) is 31.5 Å². The van der Waals surface area contributed by atoms with Gasteiger partial charge in [0.15, 0.2) is 0 Å². The zero-order valence-corrected chi connectivity index (χ0v) is 18.2. The summed E-state index contributed by atoms with van der Waals surface area (Å²) >= 11 is 0. The maximum atomic E-state index is 10.8. The molecule has 1 saturated carbocycles. The summed E-state index contributed by atoms with van der Waals surface area (Å²) in [5.41, 5.74) is 2.12. The summed E-state index contributed by atoms with van der Waals surface area (Å²) in [5.74, 6) is 1.58. The highest BCUT2D eigenvalue weighted by Crippen LogP contribution is 2.44. The minimum atomic E-state index is -0.872. The highest BCUT2D eigenvalue weighted by molar-refractivity contribution is 5.49. The van der Waals surface area contributed by atoms with Crippen molar-refractivity contribution in [2.45, 2.75) is 43.5 Å². The molecule has 0 aliphatic heterocycles. The lowest BCUT2D eigenvalue weighted by atomic mass is 9.79. The van der Waals surface area contributed by atoms with E-state index < -0.39 is 11.7 Å². The van der Waals surface area contributed by atoms with Crippen molar-refractivity contribution in [3.8, 4) is 11.5 Å². The van der Waals surface area contributed by atoms with Gasteiger partial charge in [0.1, 0.15) is 17.1 Å². The van der Waals surface area contributed by atoms with Crippen molar-refractivity contribution in [3.05, 3.63) is 95.6 Å². The Morgan fingerprint density at radius 1 is 0.677 bits per heavy atom. The average molecular weight is 419 g/mol. The first-order chi connectivity index (χ1) is 15.2. The van der Waals surface area contributed by atoms with Crippen LogP contribution in [-0.2, 0) is 10.3 Å². The molecule has 162 valence electrons. The van der Waals surface area contributed by atoms with Gasteiger partial charge in [-0.3, -0.25) is 0 Å². The van der Waals surface area contributed by atoms with Crippen molar-refractivity contribution < 1.29 is 19.3 Å². The standard InChI is InChI=1S/C27H30O4/c1-29-23-16-12-21(13-17-23)27(20-8-4-3-5-9-20,22-14-18-24(30-2)19-15-22)31-26-11-7-6-10-25(26)28/h3-5,8-9,12-19,25-26,28H,6-7,10-11H2,1-2H3. The maximum Gasteiger partial charge on any atom is 0.144 e. The van der Waals surface area contributed by atoms with Crippen molar-refractivity contribution in [2.24, 2.45) is 0 Å². The van der Waals surface area contributed by atoms with Gasteiger partial charge in [-0.15, -0.1) is 0 Å². The van der Waals surface area contributed by atoms with Crippen molar-refractivity contribution in [1.29, 1.82) is 0 Å². The van der Waals surface area contributed by atoms with Crippen LogP contribution in [0.3, 0.4) is 0 Å². The summed E-state index contributed by atoms with van der Waals surface area (Å²) < 4.78 is 17.8. The zero-order chi connectivity index (χ0) is 21.7. The average Bonchev–Trinajstić information content (AvgIpc) is 2.84. The van der Waals surface area contributed by atoms with E-state index in [9.17, 15) is 5.11 Å². The molecule has 0 aromatic heterocycles. The van der Waals surface area contributed by atoms with Gasteiger partial charge in [-0.05, 0) is 53.8 Å². The molecule has 31 heavy (non-hydrogen) atoms. The Labute approximate surface area is 184 Å². The third kappa shape index (κ3) is 4.32. The number of ether oxygens (including phenoxy) is 3. The third-order valence-corrected chi connectivity index (χ3v) is 6.17. The predicted octanol–water partition coefficient (Wildman–Crippen LogP) is 5.32. The number of benzene rings is 3. The second kappa shape index (κ2) is 9.54. The summed E-state index contributed by atoms with van der Waals surface area (Å²) in [4.78, 5) is 0. The van der Waals surface area contributed by atoms with Gasteiger partial charge in [0.25, 0.3) is 0 Å². The van der Waals surface area contributed by atoms with Crippen molar-refractivity contribution in [1.82, 2.24) is 0 Å². The van der Waals surface area contributed by atoms with Gasteiger partial charge in [0, 0.05) is 0 Å². The smallest absolute Gasteiger partial charge is 0.144 e. The molecule has 0 bridgehead atoms. The first-order valence-electron chi connectivity index (χ1n) is 10.9. The SMILES string of the molecule is COc1ccc(C(OC2CCCCC2O)(c2ccccc2)c2ccc(OC)cc2)cc1. The minimum Gasteiger partial charge on any atom is -0.497 e. The molecule has 0 amide bonds. The Balaban J connectivity index is 1.92. The molecule has 3 aromatic rings. The van der Waals surface area contributed by atoms with Crippen LogP contribution < -0.4 is 9.47 Å². The van der Waals surface area contributed by atoms with Gasteiger partial charge in [-0.25, -0.2) is 0 Å². The fourth-order valence-electron chi connectivity index (χ4n) is 4.47. The summed E-state index contributed by atoms with van der Waals surface area (Å²) in [6.45, 7) is 0. The van der Waals surface area contributed by atoms with Crippen molar-refractivity contribution >= 4 is 0 Å². The van der Waals surface area contributed by atoms with Gasteiger partial charge in [0.05, 0.1) is 26.4 Å². The highest BCUT2D eigenvalue weighted by Gasteiger charge is 2.42. The number of rotatable bonds is 7. The minimum absolute atomic E-state index is 0.252. The molecule has 0 spiro atoms. The number of hydrogen-bond acceptors (Lipinski definition) is 4. The van der Waals surface area contributed by atoms with E-state index in [-0.39, 0.29) is 6.10 Å². The number of methoxy groups -OCH3 is 2. The lowest BCUT2D eigenvalue weighted by Crippen LogP contribution is -2.42. The largest absolute Gasteiger partial charge is 0.497 e. The molecule has 1 aliphatic rings. The second-order valence-corrected chi connectivity index (χ2v) is 8.01. The summed E-state index contributed by atoms with van der Waals surface area (Å²) in [6, 6.07) is 26.2. The Hall–Kier alpha value is -2.82. The molecule has 2 unspecified atom stereocenters. The molecule has 1 N–H and O–H groups in total. The van der Waals surface area contributed by atoms with E-state index in [1.54, 1.807) is 14.2 Å². The van der Waals surface area contributed by atoms with Gasteiger partial charge in [0.2, 0.25) is 0 Å². The first kappa shape index (κ1) is 21.4. The molecular weight excluding hydrogens is 388 g/mol. The van der Waals surface area contributed by atoms with Crippen molar-refractivity contribution in [2.75, 3.05) is 14.2 Å². The Morgan fingerprint density at radius 2 is 1.16 bits per heavy atom.